The number of benzene rings is 1. The monoisotopic (exact) mass is 254 g/mol. The van der Waals surface area contributed by atoms with Crippen LogP contribution in [0.2, 0.25) is 0 Å². The molecule has 0 fully saturated rings. The number of aromatic amines is 1. The van der Waals surface area contributed by atoms with Crippen molar-refractivity contribution in [2.75, 3.05) is 13.2 Å². The van der Waals surface area contributed by atoms with Gasteiger partial charge in [-0.2, -0.15) is 5.26 Å². The Morgan fingerprint density at radius 1 is 1.26 bits per heavy atom. The third kappa shape index (κ3) is 2.04. The molecule has 1 aromatic carbocycles. The molecule has 0 amide bonds. The Morgan fingerprint density at radius 3 is 2.63 bits per heavy atom. The summed E-state index contributed by atoms with van der Waals surface area (Å²) in [6.07, 6.45) is 3.68. The van der Waals surface area contributed by atoms with Gasteiger partial charge in [0.25, 0.3) is 0 Å². The summed E-state index contributed by atoms with van der Waals surface area (Å²) in [6, 6.07) is 8.14. The Balaban J connectivity index is 2.07. The van der Waals surface area contributed by atoms with E-state index in [1.54, 1.807) is 0 Å². The van der Waals surface area contributed by atoms with Crippen LogP contribution >= 0.6 is 0 Å². The van der Waals surface area contributed by atoms with E-state index in [-0.39, 0.29) is 5.92 Å². The molecule has 0 spiro atoms. The maximum atomic E-state index is 9.44. The lowest BCUT2D eigenvalue weighted by molar-refractivity contribution is 0.171. The smallest absolute Gasteiger partial charge is 0.161 e. The van der Waals surface area contributed by atoms with Gasteiger partial charge in [-0.25, -0.2) is 0 Å². The molecule has 1 atom stereocenters. The molecular weight excluding hydrogens is 240 g/mol. The number of H-pyrrole nitrogens is 1. The molecule has 1 aliphatic heterocycles. The van der Waals surface area contributed by atoms with E-state index in [1.165, 1.54) is 0 Å². The van der Waals surface area contributed by atoms with Gasteiger partial charge in [0.05, 0.1) is 12.0 Å². The van der Waals surface area contributed by atoms with Crippen molar-refractivity contribution < 1.29 is 9.47 Å². The maximum absolute atomic E-state index is 9.44. The van der Waals surface area contributed by atoms with Gasteiger partial charge >= 0.3 is 0 Å². The average Bonchev–Trinajstić information content (AvgIpc) is 2.94. The summed E-state index contributed by atoms with van der Waals surface area (Å²) >= 11 is 0. The van der Waals surface area contributed by atoms with E-state index in [4.69, 9.17) is 9.47 Å². The van der Waals surface area contributed by atoms with Crippen molar-refractivity contribution in [1.29, 1.82) is 5.26 Å². The molecule has 1 aliphatic rings. The van der Waals surface area contributed by atoms with Gasteiger partial charge in [-0.3, -0.25) is 0 Å². The van der Waals surface area contributed by atoms with E-state index in [9.17, 15) is 5.26 Å². The number of nitrogens with zero attached hydrogens (tertiary/aromatic N) is 1. The van der Waals surface area contributed by atoms with Gasteiger partial charge in [-0.1, -0.05) is 0 Å². The van der Waals surface area contributed by atoms with Gasteiger partial charge in [-0.15, -0.1) is 0 Å². The van der Waals surface area contributed by atoms with Crippen LogP contribution in [-0.2, 0) is 0 Å². The summed E-state index contributed by atoms with van der Waals surface area (Å²) in [5.41, 5.74) is 2.96. The minimum absolute atomic E-state index is 0.290. The van der Waals surface area contributed by atoms with Gasteiger partial charge in [-0.05, 0) is 41.8 Å². The van der Waals surface area contributed by atoms with Gasteiger partial charge in [0.15, 0.2) is 11.5 Å². The molecule has 4 heteroatoms. The third-order valence-corrected chi connectivity index (χ3v) is 3.33. The first kappa shape index (κ1) is 11.7. The molecule has 3 rings (SSSR count). The summed E-state index contributed by atoms with van der Waals surface area (Å²) < 4.78 is 11.1. The highest BCUT2D eigenvalue weighted by Gasteiger charge is 2.21. The number of hydrogen-bond acceptors (Lipinski definition) is 3. The molecule has 2 aromatic rings. The molecule has 1 unspecified atom stereocenters. The fourth-order valence-corrected chi connectivity index (χ4v) is 2.36. The van der Waals surface area contributed by atoms with Crippen LogP contribution in [0.25, 0.3) is 0 Å². The van der Waals surface area contributed by atoms with Gasteiger partial charge in [0.1, 0.15) is 13.2 Å². The summed E-state index contributed by atoms with van der Waals surface area (Å²) in [5, 5.41) is 9.44. The molecule has 0 saturated carbocycles. The fourth-order valence-electron chi connectivity index (χ4n) is 2.36. The lowest BCUT2D eigenvalue weighted by atomic mass is 9.91. The van der Waals surface area contributed by atoms with Gasteiger partial charge in [0, 0.05) is 12.4 Å². The summed E-state index contributed by atoms with van der Waals surface area (Å²) in [4.78, 5) is 2.99. The zero-order chi connectivity index (χ0) is 13.2. The SMILES string of the molecule is Cc1cc2c(cc1C(C#N)c1cc[nH]c1)OCCO2. The van der Waals surface area contributed by atoms with E-state index < -0.39 is 0 Å². The normalized spacial score (nSPS) is 14.7. The predicted octanol–water partition coefficient (Wildman–Crippen LogP) is 2.75. The molecule has 0 saturated heterocycles. The first-order valence-electron chi connectivity index (χ1n) is 6.22. The van der Waals surface area contributed by atoms with Crippen LogP contribution in [0.1, 0.15) is 22.6 Å². The lowest BCUT2D eigenvalue weighted by Crippen LogP contribution is -2.16. The molecule has 2 heterocycles. The number of nitrogens with one attached hydrogen (secondary N) is 1. The van der Waals surface area contributed by atoms with Crippen molar-refractivity contribution in [1.82, 2.24) is 4.98 Å². The number of nitriles is 1. The predicted molar refractivity (Wildman–Crippen MR) is 70.4 cm³/mol. The molecule has 0 bridgehead atoms. The molecule has 4 nitrogen and oxygen atoms in total. The van der Waals surface area contributed by atoms with Crippen LogP contribution in [0.3, 0.4) is 0 Å². The van der Waals surface area contributed by atoms with E-state index >= 15 is 0 Å². The Labute approximate surface area is 111 Å². The first-order valence-corrected chi connectivity index (χ1v) is 6.22. The minimum atomic E-state index is -0.290. The second-order valence-corrected chi connectivity index (χ2v) is 4.56. The average molecular weight is 254 g/mol. The molecule has 0 aliphatic carbocycles. The van der Waals surface area contributed by atoms with Crippen molar-refractivity contribution in [3.8, 4) is 17.6 Å². The largest absolute Gasteiger partial charge is 0.486 e. The van der Waals surface area contributed by atoms with Crippen LogP contribution in [0.4, 0.5) is 0 Å². The van der Waals surface area contributed by atoms with Crippen molar-refractivity contribution in [3.63, 3.8) is 0 Å². The molecule has 96 valence electrons. The topological polar surface area (TPSA) is 58.0 Å². The van der Waals surface area contributed by atoms with Crippen LogP contribution in [-0.4, -0.2) is 18.2 Å². The minimum Gasteiger partial charge on any atom is -0.486 e. The molecule has 1 N–H and O–H groups in total. The van der Waals surface area contributed by atoms with Crippen LogP contribution < -0.4 is 9.47 Å². The quantitative estimate of drug-likeness (QED) is 0.896. The van der Waals surface area contributed by atoms with E-state index in [0.29, 0.717) is 13.2 Å². The second kappa shape index (κ2) is 4.69. The van der Waals surface area contributed by atoms with Gasteiger partial charge < -0.3 is 14.5 Å². The van der Waals surface area contributed by atoms with Crippen molar-refractivity contribution in [3.05, 3.63) is 47.3 Å². The van der Waals surface area contributed by atoms with Crippen molar-refractivity contribution in [2.24, 2.45) is 0 Å². The van der Waals surface area contributed by atoms with Crippen molar-refractivity contribution >= 4 is 0 Å². The summed E-state index contributed by atoms with van der Waals surface area (Å²) in [7, 11) is 0. The number of rotatable bonds is 2. The van der Waals surface area contributed by atoms with E-state index in [0.717, 1.165) is 28.2 Å². The summed E-state index contributed by atoms with van der Waals surface area (Å²) in [5.74, 6) is 1.20. The first-order chi connectivity index (χ1) is 9.29. The zero-order valence-corrected chi connectivity index (χ0v) is 10.6. The summed E-state index contributed by atoms with van der Waals surface area (Å²) in [6.45, 7) is 3.12. The van der Waals surface area contributed by atoms with Crippen LogP contribution in [0.15, 0.2) is 30.6 Å². The zero-order valence-electron chi connectivity index (χ0n) is 10.6. The Hall–Kier alpha value is -2.41. The Morgan fingerprint density at radius 2 is 2.00 bits per heavy atom. The number of hydrogen-bond donors (Lipinski definition) is 1. The lowest BCUT2D eigenvalue weighted by Gasteiger charge is -2.21. The molecule has 19 heavy (non-hydrogen) atoms. The van der Waals surface area contributed by atoms with E-state index in [2.05, 4.69) is 11.1 Å². The van der Waals surface area contributed by atoms with Crippen molar-refractivity contribution in [2.45, 2.75) is 12.8 Å². The highest BCUT2D eigenvalue weighted by Crippen LogP contribution is 2.37. The van der Waals surface area contributed by atoms with Crippen LogP contribution in [0.5, 0.6) is 11.5 Å². The number of fused-ring (bicyclic) bond motifs is 1. The molecule has 1 aromatic heterocycles. The number of aryl methyl sites for hydroxylation is 1. The van der Waals surface area contributed by atoms with Gasteiger partial charge in [0.2, 0.25) is 0 Å². The fraction of sp³-hybridized carbons (Fsp3) is 0.267. The maximum Gasteiger partial charge on any atom is 0.161 e. The third-order valence-electron chi connectivity index (χ3n) is 3.33. The highest BCUT2D eigenvalue weighted by molar-refractivity contribution is 5.52. The second-order valence-electron chi connectivity index (χ2n) is 4.56. The van der Waals surface area contributed by atoms with Crippen LogP contribution in [0, 0.1) is 18.3 Å². The van der Waals surface area contributed by atoms with E-state index in [1.807, 2.05) is 37.5 Å². The highest BCUT2D eigenvalue weighted by atomic mass is 16.6. The molecular formula is C15H14N2O2. The Kier molecular flexibility index (Phi) is 2.88. The number of aromatic nitrogens is 1. The molecule has 0 radical (unpaired) electrons. The standard InChI is InChI=1S/C15H14N2O2/c1-10-6-14-15(19-5-4-18-14)7-12(10)13(8-16)11-2-3-17-9-11/h2-3,6-7,9,13,17H,4-5H2,1H3. The Bertz CT molecular complexity index is 626. The number of ether oxygens (including phenoxy) is 2.